The number of aromatic nitrogens is 1. The fourth-order valence-electron chi connectivity index (χ4n) is 2.18. The van der Waals surface area contributed by atoms with Crippen LogP contribution in [-0.2, 0) is 6.54 Å². The van der Waals surface area contributed by atoms with Gasteiger partial charge in [-0.3, -0.25) is 9.78 Å². The molecule has 1 aromatic carbocycles. The Hall–Kier alpha value is -1.99. The van der Waals surface area contributed by atoms with E-state index in [4.69, 9.17) is 5.11 Å². The van der Waals surface area contributed by atoms with Crippen molar-refractivity contribution in [1.82, 2.24) is 4.98 Å². The average Bonchev–Trinajstić information content (AvgIpc) is 2.75. The summed E-state index contributed by atoms with van der Waals surface area (Å²) >= 11 is 3.22. The van der Waals surface area contributed by atoms with Crippen LogP contribution in [-0.4, -0.2) is 22.0 Å². The van der Waals surface area contributed by atoms with E-state index in [-0.39, 0.29) is 36.0 Å². The number of anilines is 1. The first-order valence-electron chi connectivity index (χ1n) is 5.96. The molecule has 1 N–H and O–H groups in total. The SMILES string of the molecule is Cl.O=C(O)c1cnc2c(c1)C(=O)N(c1ccc(F)cc1Br)C2. The average molecular weight is 388 g/mol. The summed E-state index contributed by atoms with van der Waals surface area (Å²) in [6.07, 6.45) is 1.22. The molecule has 0 fully saturated rings. The summed E-state index contributed by atoms with van der Waals surface area (Å²) in [5.74, 6) is -1.91. The molecule has 0 aliphatic carbocycles. The van der Waals surface area contributed by atoms with Crippen LogP contribution in [0.15, 0.2) is 34.9 Å². The Labute approximate surface area is 139 Å². The van der Waals surface area contributed by atoms with Crippen molar-refractivity contribution in [2.75, 3.05) is 4.90 Å². The number of benzene rings is 1. The first kappa shape index (κ1) is 16.4. The van der Waals surface area contributed by atoms with Crippen LogP contribution in [0.1, 0.15) is 26.4 Å². The smallest absolute Gasteiger partial charge is 0.337 e. The predicted molar refractivity (Wildman–Crippen MR) is 83.1 cm³/mol. The molecule has 0 radical (unpaired) electrons. The van der Waals surface area contributed by atoms with E-state index in [0.717, 1.165) is 0 Å². The Morgan fingerprint density at radius 2 is 2.09 bits per heavy atom. The standard InChI is InChI=1S/C14H8BrFN2O3.ClH/c15-10-4-8(16)1-2-12(10)18-6-11-9(13(18)19)3-7(5-17-11)14(20)21;/h1-5H,6H2,(H,20,21);1H. The van der Waals surface area contributed by atoms with Gasteiger partial charge in [-0.1, -0.05) is 0 Å². The Balaban J connectivity index is 0.00000176. The monoisotopic (exact) mass is 386 g/mol. The number of hydrogen-bond donors (Lipinski definition) is 1. The van der Waals surface area contributed by atoms with Crippen molar-refractivity contribution in [1.29, 1.82) is 0 Å². The van der Waals surface area contributed by atoms with Crippen molar-refractivity contribution in [2.45, 2.75) is 6.54 Å². The number of pyridine rings is 1. The number of rotatable bonds is 2. The highest BCUT2D eigenvalue weighted by Gasteiger charge is 2.31. The van der Waals surface area contributed by atoms with Crippen LogP contribution in [0, 0.1) is 5.82 Å². The fourth-order valence-corrected chi connectivity index (χ4v) is 2.75. The molecule has 0 saturated carbocycles. The van der Waals surface area contributed by atoms with Gasteiger partial charge >= 0.3 is 5.97 Å². The number of aromatic carboxylic acids is 1. The van der Waals surface area contributed by atoms with Crippen LogP contribution in [0.25, 0.3) is 0 Å². The van der Waals surface area contributed by atoms with Gasteiger partial charge in [-0.15, -0.1) is 12.4 Å². The summed E-state index contributed by atoms with van der Waals surface area (Å²) in [6, 6.07) is 5.32. The molecule has 1 aliphatic rings. The molecular formula is C14H9BrClFN2O3. The molecule has 0 unspecified atom stereocenters. The maximum atomic E-state index is 13.1. The lowest BCUT2D eigenvalue weighted by Gasteiger charge is -2.17. The second-order valence-electron chi connectivity index (χ2n) is 4.51. The number of carboxylic acid groups (broad SMARTS) is 1. The Morgan fingerprint density at radius 3 is 2.73 bits per heavy atom. The van der Waals surface area contributed by atoms with Crippen LogP contribution < -0.4 is 4.90 Å². The van der Waals surface area contributed by atoms with Gasteiger partial charge in [-0.25, -0.2) is 9.18 Å². The van der Waals surface area contributed by atoms with Crippen molar-refractivity contribution >= 4 is 45.9 Å². The minimum Gasteiger partial charge on any atom is -0.478 e. The predicted octanol–water partition coefficient (Wildman–Crippen LogP) is 3.26. The number of fused-ring (bicyclic) bond motifs is 1. The molecule has 2 heterocycles. The molecule has 5 nitrogen and oxygen atoms in total. The van der Waals surface area contributed by atoms with E-state index in [1.165, 1.54) is 35.4 Å². The summed E-state index contributed by atoms with van der Waals surface area (Å²) in [6.45, 7) is 0.221. The lowest BCUT2D eigenvalue weighted by Crippen LogP contribution is -2.23. The van der Waals surface area contributed by atoms with E-state index in [0.29, 0.717) is 15.9 Å². The molecule has 1 aliphatic heterocycles. The van der Waals surface area contributed by atoms with E-state index in [1.54, 1.807) is 0 Å². The largest absolute Gasteiger partial charge is 0.478 e. The van der Waals surface area contributed by atoms with Gasteiger partial charge in [0, 0.05) is 10.7 Å². The molecule has 1 aromatic heterocycles. The zero-order valence-corrected chi connectivity index (χ0v) is 13.3. The van der Waals surface area contributed by atoms with Crippen LogP contribution in [0.3, 0.4) is 0 Å². The molecule has 0 saturated heterocycles. The topological polar surface area (TPSA) is 70.5 Å². The quantitative estimate of drug-likeness (QED) is 0.858. The van der Waals surface area contributed by atoms with Crippen LogP contribution in [0.5, 0.6) is 0 Å². The number of hydrogen-bond acceptors (Lipinski definition) is 3. The number of nitrogens with zero attached hydrogens (tertiary/aromatic N) is 2. The van der Waals surface area contributed by atoms with E-state index in [2.05, 4.69) is 20.9 Å². The number of carboxylic acids is 1. The third-order valence-corrected chi connectivity index (χ3v) is 3.84. The van der Waals surface area contributed by atoms with E-state index < -0.39 is 11.8 Å². The van der Waals surface area contributed by atoms with E-state index in [9.17, 15) is 14.0 Å². The van der Waals surface area contributed by atoms with Gasteiger partial charge in [0.25, 0.3) is 5.91 Å². The lowest BCUT2D eigenvalue weighted by molar-refractivity contribution is 0.0696. The third-order valence-electron chi connectivity index (χ3n) is 3.20. The third kappa shape index (κ3) is 2.69. The summed E-state index contributed by atoms with van der Waals surface area (Å²) < 4.78 is 13.6. The van der Waals surface area contributed by atoms with Gasteiger partial charge < -0.3 is 10.0 Å². The van der Waals surface area contributed by atoms with Crippen molar-refractivity contribution in [3.05, 3.63) is 57.6 Å². The van der Waals surface area contributed by atoms with Crippen LogP contribution in [0.2, 0.25) is 0 Å². The van der Waals surface area contributed by atoms with Gasteiger partial charge in [0.15, 0.2) is 0 Å². The minimum atomic E-state index is -1.14. The minimum absolute atomic E-state index is 0. The highest BCUT2D eigenvalue weighted by molar-refractivity contribution is 9.10. The lowest BCUT2D eigenvalue weighted by atomic mass is 10.1. The number of carbonyl (C=O) groups excluding carboxylic acids is 1. The Kier molecular flexibility index (Phi) is 4.48. The molecule has 0 atom stereocenters. The molecule has 8 heteroatoms. The molecule has 0 bridgehead atoms. The molecule has 114 valence electrons. The summed E-state index contributed by atoms with van der Waals surface area (Å²) in [5.41, 5.74) is 1.23. The number of carbonyl (C=O) groups is 2. The Bertz CT molecular complexity index is 785. The number of amides is 1. The molecule has 2 aromatic rings. The molecule has 1 amide bonds. The van der Waals surface area contributed by atoms with Crippen molar-refractivity contribution < 1.29 is 19.1 Å². The highest BCUT2D eigenvalue weighted by atomic mass is 79.9. The van der Waals surface area contributed by atoms with Crippen LogP contribution in [0.4, 0.5) is 10.1 Å². The zero-order valence-electron chi connectivity index (χ0n) is 10.9. The van der Waals surface area contributed by atoms with Gasteiger partial charge in [0.1, 0.15) is 5.82 Å². The van der Waals surface area contributed by atoms with Gasteiger partial charge in [-0.05, 0) is 40.2 Å². The van der Waals surface area contributed by atoms with E-state index in [1.807, 2.05) is 0 Å². The van der Waals surface area contributed by atoms with Crippen molar-refractivity contribution in [3.8, 4) is 0 Å². The van der Waals surface area contributed by atoms with Gasteiger partial charge in [0.2, 0.25) is 0 Å². The fraction of sp³-hybridized carbons (Fsp3) is 0.0714. The highest BCUT2D eigenvalue weighted by Crippen LogP contribution is 2.33. The second-order valence-corrected chi connectivity index (χ2v) is 5.36. The Morgan fingerprint density at radius 1 is 1.36 bits per heavy atom. The van der Waals surface area contributed by atoms with Crippen molar-refractivity contribution in [2.24, 2.45) is 0 Å². The second kappa shape index (κ2) is 6.02. The maximum Gasteiger partial charge on any atom is 0.337 e. The molecular weight excluding hydrogens is 379 g/mol. The van der Waals surface area contributed by atoms with E-state index >= 15 is 0 Å². The molecule has 22 heavy (non-hydrogen) atoms. The molecule has 0 spiro atoms. The normalized spacial score (nSPS) is 12.8. The first-order valence-corrected chi connectivity index (χ1v) is 6.76. The summed E-state index contributed by atoms with van der Waals surface area (Å²) in [4.78, 5) is 28.8. The maximum absolute atomic E-state index is 13.1. The summed E-state index contributed by atoms with van der Waals surface area (Å²) in [5, 5.41) is 8.95. The summed E-state index contributed by atoms with van der Waals surface area (Å²) in [7, 11) is 0. The van der Waals surface area contributed by atoms with Crippen LogP contribution >= 0.6 is 28.3 Å². The van der Waals surface area contributed by atoms with Gasteiger partial charge in [-0.2, -0.15) is 0 Å². The first-order chi connectivity index (χ1) is 9.97. The zero-order chi connectivity index (χ0) is 15.1. The number of halogens is 3. The van der Waals surface area contributed by atoms with Gasteiger partial charge in [0.05, 0.1) is 29.1 Å². The molecule has 3 rings (SSSR count). The van der Waals surface area contributed by atoms with Crippen molar-refractivity contribution in [3.63, 3.8) is 0 Å².